The number of hydrogen-bond acceptors (Lipinski definition) is 2. The van der Waals surface area contributed by atoms with Crippen molar-refractivity contribution in [3.63, 3.8) is 0 Å². The molecular formula is C21H23F3N2O. The first-order valence-electron chi connectivity index (χ1n) is 9.08. The topological polar surface area (TPSA) is 32.3 Å². The number of carbonyl (C=O) groups is 1. The summed E-state index contributed by atoms with van der Waals surface area (Å²) < 4.78 is 39.4. The van der Waals surface area contributed by atoms with Gasteiger partial charge in [-0.3, -0.25) is 9.69 Å². The lowest BCUT2D eigenvalue weighted by Crippen LogP contribution is -2.40. The molecule has 0 bridgehead atoms. The van der Waals surface area contributed by atoms with Crippen LogP contribution >= 0.6 is 0 Å². The molecular weight excluding hydrogens is 353 g/mol. The Morgan fingerprint density at radius 3 is 2.37 bits per heavy atom. The summed E-state index contributed by atoms with van der Waals surface area (Å²) in [6, 6.07) is 15.1. The van der Waals surface area contributed by atoms with E-state index in [4.69, 9.17) is 0 Å². The Bertz CT molecular complexity index is 772. The number of halogens is 3. The molecule has 1 atom stereocenters. The van der Waals surface area contributed by atoms with Gasteiger partial charge in [-0.15, -0.1) is 0 Å². The Balaban J connectivity index is 1.71. The van der Waals surface area contributed by atoms with Gasteiger partial charge in [-0.1, -0.05) is 42.5 Å². The van der Waals surface area contributed by atoms with E-state index in [1.807, 2.05) is 35.2 Å². The van der Waals surface area contributed by atoms with Gasteiger partial charge in [-0.05, 0) is 43.4 Å². The van der Waals surface area contributed by atoms with Gasteiger partial charge in [0, 0.05) is 12.6 Å². The Kier molecular flexibility index (Phi) is 5.85. The lowest BCUT2D eigenvalue weighted by molar-refractivity contribution is -0.137. The zero-order valence-electron chi connectivity index (χ0n) is 15.2. The highest BCUT2D eigenvalue weighted by atomic mass is 19.4. The molecule has 1 fully saturated rings. The minimum atomic E-state index is -4.51. The number of hydrogen-bond donors (Lipinski definition) is 1. The van der Waals surface area contributed by atoms with E-state index in [0.29, 0.717) is 12.5 Å². The number of nitrogens with zero attached hydrogens (tertiary/aromatic N) is 1. The number of alkyl halides is 3. The van der Waals surface area contributed by atoms with E-state index in [1.54, 1.807) is 0 Å². The van der Waals surface area contributed by atoms with Crippen molar-refractivity contribution in [2.24, 2.45) is 5.92 Å². The number of nitrogens with one attached hydrogen (secondary N) is 1. The number of amides is 1. The number of carbonyl (C=O) groups excluding carboxylic acids is 1. The summed E-state index contributed by atoms with van der Waals surface area (Å²) in [7, 11) is 0. The Morgan fingerprint density at radius 2 is 1.74 bits per heavy atom. The second-order valence-electron chi connectivity index (χ2n) is 7.06. The van der Waals surface area contributed by atoms with Crippen LogP contribution in [0.15, 0.2) is 54.6 Å². The molecule has 1 amide bonds. The van der Waals surface area contributed by atoms with Crippen molar-refractivity contribution >= 4 is 11.6 Å². The largest absolute Gasteiger partial charge is 0.418 e. The number of para-hydroxylation sites is 1. The van der Waals surface area contributed by atoms with Gasteiger partial charge in [0.15, 0.2) is 0 Å². The molecule has 0 heterocycles. The normalized spacial score (nSPS) is 15.6. The number of anilines is 1. The van der Waals surface area contributed by atoms with Crippen LogP contribution in [0, 0.1) is 5.92 Å². The van der Waals surface area contributed by atoms with Gasteiger partial charge in [-0.25, -0.2) is 0 Å². The summed E-state index contributed by atoms with van der Waals surface area (Å²) in [5.41, 5.74) is 0.0467. The third kappa shape index (κ3) is 5.32. The fraction of sp³-hybridized carbons (Fsp3) is 0.381. The van der Waals surface area contributed by atoms with E-state index in [0.717, 1.165) is 24.5 Å². The molecule has 2 aromatic rings. The minimum absolute atomic E-state index is 0.0543. The Hall–Kier alpha value is -2.34. The van der Waals surface area contributed by atoms with Crippen molar-refractivity contribution in [3.8, 4) is 0 Å². The molecule has 0 aliphatic heterocycles. The molecule has 3 rings (SSSR count). The van der Waals surface area contributed by atoms with Gasteiger partial charge < -0.3 is 5.32 Å². The predicted octanol–water partition coefficient (Wildman–Crippen LogP) is 4.94. The molecule has 6 heteroatoms. The van der Waals surface area contributed by atoms with Gasteiger partial charge in [0.1, 0.15) is 0 Å². The maximum absolute atomic E-state index is 13.1. The predicted molar refractivity (Wildman–Crippen MR) is 99.1 cm³/mol. The van der Waals surface area contributed by atoms with Crippen LogP contribution in [-0.4, -0.2) is 23.4 Å². The third-order valence-corrected chi connectivity index (χ3v) is 4.96. The van der Waals surface area contributed by atoms with Gasteiger partial charge in [-0.2, -0.15) is 13.2 Å². The highest BCUT2D eigenvalue weighted by Gasteiger charge is 2.35. The lowest BCUT2D eigenvalue weighted by atomic mass is 10.1. The van der Waals surface area contributed by atoms with Gasteiger partial charge in [0.2, 0.25) is 5.91 Å². The average Bonchev–Trinajstić information content (AvgIpc) is 3.46. The summed E-state index contributed by atoms with van der Waals surface area (Å²) in [4.78, 5) is 14.6. The molecule has 0 spiro atoms. The van der Waals surface area contributed by atoms with E-state index < -0.39 is 17.6 Å². The molecule has 0 saturated heterocycles. The average molecular weight is 376 g/mol. The molecule has 1 aliphatic carbocycles. The number of benzene rings is 2. The fourth-order valence-electron chi connectivity index (χ4n) is 3.25. The van der Waals surface area contributed by atoms with Crippen LogP contribution in [0.2, 0.25) is 0 Å². The van der Waals surface area contributed by atoms with Crippen molar-refractivity contribution in [2.45, 2.75) is 38.5 Å². The van der Waals surface area contributed by atoms with Gasteiger partial charge in [0.05, 0.1) is 17.8 Å². The zero-order chi connectivity index (χ0) is 19.4. The van der Waals surface area contributed by atoms with Crippen molar-refractivity contribution < 1.29 is 18.0 Å². The van der Waals surface area contributed by atoms with Crippen molar-refractivity contribution in [3.05, 3.63) is 65.7 Å². The quantitative estimate of drug-likeness (QED) is 0.742. The number of rotatable bonds is 7. The maximum atomic E-state index is 13.1. The van der Waals surface area contributed by atoms with Crippen molar-refractivity contribution in [1.82, 2.24) is 4.90 Å². The zero-order valence-corrected chi connectivity index (χ0v) is 15.2. The molecule has 1 unspecified atom stereocenters. The van der Waals surface area contributed by atoms with Crippen LogP contribution in [0.1, 0.15) is 30.9 Å². The SMILES string of the molecule is CC(C1CC1)N(CC(=O)Nc1ccccc1C(F)(F)F)Cc1ccccc1. The molecule has 0 radical (unpaired) electrons. The highest BCUT2D eigenvalue weighted by molar-refractivity contribution is 5.93. The maximum Gasteiger partial charge on any atom is 0.418 e. The molecule has 3 nitrogen and oxygen atoms in total. The Morgan fingerprint density at radius 1 is 1.11 bits per heavy atom. The van der Waals surface area contributed by atoms with E-state index in [-0.39, 0.29) is 18.3 Å². The second-order valence-corrected chi connectivity index (χ2v) is 7.06. The molecule has 1 aliphatic rings. The van der Waals surface area contributed by atoms with Gasteiger partial charge in [0.25, 0.3) is 0 Å². The van der Waals surface area contributed by atoms with Crippen molar-refractivity contribution in [1.29, 1.82) is 0 Å². The van der Waals surface area contributed by atoms with E-state index >= 15 is 0 Å². The van der Waals surface area contributed by atoms with E-state index in [2.05, 4.69) is 12.2 Å². The molecule has 2 aromatic carbocycles. The smallest absolute Gasteiger partial charge is 0.324 e. The first kappa shape index (κ1) is 19.4. The van der Waals surface area contributed by atoms with Gasteiger partial charge >= 0.3 is 6.18 Å². The van der Waals surface area contributed by atoms with Crippen LogP contribution in [0.4, 0.5) is 18.9 Å². The molecule has 27 heavy (non-hydrogen) atoms. The summed E-state index contributed by atoms with van der Waals surface area (Å²) in [6.07, 6.45) is -2.25. The Labute approximate surface area is 157 Å². The van der Waals surface area contributed by atoms with Crippen LogP contribution in [0.25, 0.3) is 0 Å². The van der Waals surface area contributed by atoms with Crippen LogP contribution in [-0.2, 0) is 17.5 Å². The van der Waals surface area contributed by atoms with Crippen LogP contribution in [0.3, 0.4) is 0 Å². The minimum Gasteiger partial charge on any atom is -0.324 e. The first-order chi connectivity index (χ1) is 12.8. The first-order valence-corrected chi connectivity index (χ1v) is 9.08. The van der Waals surface area contributed by atoms with E-state index in [9.17, 15) is 18.0 Å². The third-order valence-electron chi connectivity index (χ3n) is 4.96. The molecule has 144 valence electrons. The monoisotopic (exact) mass is 376 g/mol. The summed E-state index contributed by atoms with van der Waals surface area (Å²) >= 11 is 0. The van der Waals surface area contributed by atoms with E-state index in [1.165, 1.54) is 18.2 Å². The van der Waals surface area contributed by atoms with Crippen LogP contribution in [0.5, 0.6) is 0 Å². The standard InChI is InChI=1S/C21H23F3N2O/c1-15(17-11-12-17)26(13-16-7-3-2-4-8-16)14-20(27)25-19-10-6-5-9-18(19)21(22,23)24/h2-10,15,17H,11-14H2,1H3,(H,25,27). The second kappa shape index (κ2) is 8.13. The van der Waals surface area contributed by atoms with Crippen molar-refractivity contribution in [2.75, 3.05) is 11.9 Å². The summed E-state index contributed by atoms with van der Waals surface area (Å²) in [6.45, 7) is 2.73. The molecule has 1 N–H and O–H groups in total. The molecule has 1 saturated carbocycles. The summed E-state index contributed by atoms with van der Waals surface area (Å²) in [5, 5.41) is 2.45. The molecule has 0 aromatic heterocycles. The van der Waals surface area contributed by atoms with Crippen LogP contribution < -0.4 is 5.32 Å². The highest BCUT2D eigenvalue weighted by Crippen LogP contribution is 2.36. The summed E-state index contributed by atoms with van der Waals surface area (Å²) in [5.74, 6) is 0.110. The lowest BCUT2D eigenvalue weighted by Gasteiger charge is -2.29. The fourth-order valence-corrected chi connectivity index (χ4v) is 3.25.